The zero-order valence-electron chi connectivity index (χ0n) is 15.9. The largest absolute Gasteiger partial charge is 0.358 e. The second kappa shape index (κ2) is 8.08. The van der Waals surface area contributed by atoms with E-state index in [4.69, 9.17) is 0 Å². The molecule has 2 aromatic carbocycles. The highest BCUT2D eigenvalue weighted by Crippen LogP contribution is 2.23. The van der Waals surface area contributed by atoms with Gasteiger partial charge in [-0.05, 0) is 29.2 Å². The zero-order valence-corrected chi connectivity index (χ0v) is 15.9. The van der Waals surface area contributed by atoms with Crippen LogP contribution in [-0.4, -0.2) is 22.7 Å². The standard InChI is InChI=1S/C22H23N3O3/c1-14(2)17-9-11-18(12-10-17)23-15(3)19-20(26)24-22(28)25(21(19)27)13-16-7-5-4-6-8-16/h4-12,14,19,23H,3,13H2,1-2H3,(H,24,26,28)/t19-/m1/s1. The van der Waals surface area contributed by atoms with Crippen LogP contribution in [0.25, 0.3) is 0 Å². The van der Waals surface area contributed by atoms with Gasteiger partial charge in [0.05, 0.1) is 6.54 Å². The maximum atomic E-state index is 12.9. The topological polar surface area (TPSA) is 78.5 Å². The van der Waals surface area contributed by atoms with E-state index in [2.05, 4.69) is 31.1 Å². The van der Waals surface area contributed by atoms with Crippen molar-refractivity contribution in [3.63, 3.8) is 0 Å². The summed E-state index contributed by atoms with van der Waals surface area (Å²) in [6, 6.07) is 16.1. The van der Waals surface area contributed by atoms with E-state index in [9.17, 15) is 14.4 Å². The van der Waals surface area contributed by atoms with Crippen LogP contribution >= 0.6 is 0 Å². The quantitative estimate of drug-likeness (QED) is 0.754. The van der Waals surface area contributed by atoms with Crippen LogP contribution in [0.3, 0.4) is 0 Å². The number of barbiturate groups is 1. The molecule has 0 saturated carbocycles. The highest BCUT2D eigenvalue weighted by atomic mass is 16.2. The molecule has 0 spiro atoms. The summed E-state index contributed by atoms with van der Waals surface area (Å²) >= 11 is 0. The van der Waals surface area contributed by atoms with Crippen molar-refractivity contribution in [3.8, 4) is 0 Å². The Morgan fingerprint density at radius 2 is 1.71 bits per heavy atom. The van der Waals surface area contributed by atoms with E-state index in [-0.39, 0.29) is 12.2 Å². The Kier molecular flexibility index (Phi) is 5.59. The maximum Gasteiger partial charge on any atom is 0.331 e. The fraction of sp³-hybridized carbons (Fsp3) is 0.227. The summed E-state index contributed by atoms with van der Waals surface area (Å²) in [5, 5.41) is 5.27. The number of benzene rings is 2. The van der Waals surface area contributed by atoms with Crippen LogP contribution in [0.2, 0.25) is 0 Å². The molecule has 2 aromatic rings. The minimum atomic E-state index is -1.17. The van der Waals surface area contributed by atoms with Gasteiger partial charge in [0, 0.05) is 11.4 Å². The molecule has 6 heteroatoms. The molecule has 1 aliphatic heterocycles. The molecular weight excluding hydrogens is 354 g/mol. The Balaban J connectivity index is 1.75. The number of rotatable bonds is 6. The van der Waals surface area contributed by atoms with Crippen LogP contribution in [0.1, 0.15) is 30.9 Å². The highest BCUT2D eigenvalue weighted by molar-refractivity contribution is 6.17. The lowest BCUT2D eigenvalue weighted by atomic mass is 10.00. The Morgan fingerprint density at radius 1 is 1.07 bits per heavy atom. The Labute approximate surface area is 164 Å². The lowest BCUT2D eigenvalue weighted by molar-refractivity contribution is -0.141. The zero-order chi connectivity index (χ0) is 20.3. The number of imide groups is 2. The van der Waals surface area contributed by atoms with E-state index in [1.54, 1.807) is 0 Å². The van der Waals surface area contributed by atoms with Crippen molar-refractivity contribution in [2.45, 2.75) is 26.3 Å². The van der Waals surface area contributed by atoms with Gasteiger partial charge >= 0.3 is 6.03 Å². The number of nitrogens with zero attached hydrogens (tertiary/aromatic N) is 1. The van der Waals surface area contributed by atoms with Gasteiger partial charge in [-0.25, -0.2) is 4.79 Å². The van der Waals surface area contributed by atoms with Crippen molar-refractivity contribution < 1.29 is 14.4 Å². The van der Waals surface area contributed by atoms with Gasteiger partial charge in [-0.2, -0.15) is 0 Å². The van der Waals surface area contributed by atoms with Gasteiger partial charge in [0.2, 0.25) is 11.8 Å². The van der Waals surface area contributed by atoms with Crippen molar-refractivity contribution in [1.29, 1.82) is 0 Å². The molecule has 0 unspecified atom stereocenters. The van der Waals surface area contributed by atoms with Crippen molar-refractivity contribution in [1.82, 2.24) is 10.2 Å². The second-order valence-electron chi connectivity index (χ2n) is 7.06. The van der Waals surface area contributed by atoms with Crippen molar-refractivity contribution in [3.05, 3.63) is 78.0 Å². The summed E-state index contributed by atoms with van der Waals surface area (Å²) in [7, 11) is 0. The second-order valence-corrected chi connectivity index (χ2v) is 7.06. The minimum absolute atomic E-state index is 0.0889. The first kappa shape index (κ1) is 19.4. The maximum absolute atomic E-state index is 12.9. The molecule has 1 atom stereocenters. The summed E-state index contributed by atoms with van der Waals surface area (Å²) in [5.74, 6) is -2.03. The average Bonchev–Trinajstić information content (AvgIpc) is 2.66. The summed E-state index contributed by atoms with van der Waals surface area (Å²) < 4.78 is 0. The predicted molar refractivity (Wildman–Crippen MR) is 107 cm³/mol. The van der Waals surface area contributed by atoms with Crippen LogP contribution < -0.4 is 10.6 Å². The number of anilines is 1. The van der Waals surface area contributed by atoms with Crippen molar-refractivity contribution in [2.24, 2.45) is 5.92 Å². The van der Waals surface area contributed by atoms with E-state index in [0.717, 1.165) is 16.2 Å². The van der Waals surface area contributed by atoms with E-state index < -0.39 is 23.8 Å². The molecule has 4 amide bonds. The molecule has 0 aliphatic carbocycles. The summed E-state index contributed by atoms with van der Waals surface area (Å²) in [6.45, 7) is 8.16. The van der Waals surface area contributed by atoms with Gasteiger partial charge in [-0.3, -0.25) is 19.8 Å². The van der Waals surface area contributed by atoms with Gasteiger partial charge in [0.1, 0.15) is 0 Å². The van der Waals surface area contributed by atoms with E-state index in [1.165, 1.54) is 5.56 Å². The molecule has 3 rings (SSSR count). The molecule has 2 N–H and O–H groups in total. The van der Waals surface area contributed by atoms with E-state index >= 15 is 0 Å². The van der Waals surface area contributed by atoms with Crippen LogP contribution in [0.15, 0.2) is 66.9 Å². The smallest absolute Gasteiger partial charge is 0.331 e. The minimum Gasteiger partial charge on any atom is -0.358 e. The fourth-order valence-electron chi connectivity index (χ4n) is 3.05. The first-order valence-electron chi connectivity index (χ1n) is 9.12. The summed E-state index contributed by atoms with van der Waals surface area (Å²) in [4.78, 5) is 38.4. The van der Waals surface area contributed by atoms with Crippen LogP contribution in [0.5, 0.6) is 0 Å². The van der Waals surface area contributed by atoms with Crippen LogP contribution in [-0.2, 0) is 16.1 Å². The Morgan fingerprint density at radius 3 is 2.32 bits per heavy atom. The number of carbonyl (C=O) groups excluding carboxylic acids is 3. The first-order chi connectivity index (χ1) is 13.4. The highest BCUT2D eigenvalue weighted by Gasteiger charge is 2.42. The molecule has 1 saturated heterocycles. The Bertz CT molecular complexity index is 904. The summed E-state index contributed by atoms with van der Waals surface area (Å²) in [6.07, 6.45) is 0. The number of nitrogens with one attached hydrogen (secondary N) is 2. The van der Waals surface area contributed by atoms with Crippen molar-refractivity contribution >= 4 is 23.5 Å². The third-order valence-electron chi connectivity index (χ3n) is 4.66. The molecule has 28 heavy (non-hydrogen) atoms. The van der Waals surface area contributed by atoms with E-state index in [1.807, 2.05) is 54.6 Å². The van der Waals surface area contributed by atoms with Gasteiger partial charge in [0.15, 0.2) is 5.92 Å². The number of amides is 4. The molecule has 0 bridgehead atoms. The lowest BCUT2D eigenvalue weighted by Gasteiger charge is -2.31. The van der Waals surface area contributed by atoms with Crippen LogP contribution in [0.4, 0.5) is 10.5 Å². The van der Waals surface area contributed by atoms with Crippen LogP contribution in [0, 0.1) is 5.92 Å². The third-order valence-corrected chi connectivity index (χ3v) is 4.66. The lowest BCUT2D eigenvalue weighted by Crippen LogP contribution is -2.58. The number of urea groups is 1. The molecule has 1 heterocycles. The normalized spacial score (nSPS) is 16.9. The Hall–Kier alpha value is -3.41. The average molecular weight is 377 g/mol. The number of hydrogen-bond donors (Lipinski definition) is 2. The van der Waals surface area contributed by atoms with E-state index in [0.29, 0.717) is 5.92 Å². The third kappa shape index (κ3) is 4.11. The predicted octanol–water partition coefficient (Wildman–Crippen LogP) is 3.63. The molecular formula is C22H23N3O3. The van der Waals surface area contributed by atoms with Gasteiger partial charge in [-0.15, -0.1) is 0 Å². The van der Waals surface area contributed by atoms with Crippen molar-refractivity contribution in [2.75, 3.05) is 5.32 Å². The molecule has 6 nitrogen and oxygen atoms in total. The molecule has 0 aromatic heterocycles. The molecule has 1 aliphatic rings. The number of hydrogen-bond acceptors (Lipinski definition) is 4. The summed E-state index contributed by atoms with van der Waals surface area (Å²) in [5.41, 5.74) is 2.93. The van der Waals surface area contributed by atoms with Gasteiger partial charge in [-0.1, -0.05) is 62.9 Å². The fourth-order valence-corrected chi connectivity index (χ4v) is 3.05. The van der Waals surface area contributed by atoms with Gasteiger partial charge in [0.25, 0.3) is 0 Å². The molecule has 0 radical (unpaired) electrons. The molecule has 144 valence electrons. The first-order valence-corrected chi connectivity index (χ1v) is 9.12. The number of carbonyl (C=O) groups is 3. The SMILES string of the molecule is C=C(Nc1ccc(C(C)C)cc1)[C@@H]1C(=O)NC(=O)N(Cc2ccccc2)C1=O. The molecule has 1 fully saturated rings. The van der Waals surface area contributed by atoms with Gasteiger partial charge < -0.3 is 5.32 Å². The monoisotopic (exact) mass is 377 g/mol.